The van der Waals surface area contributed by atoms with E-state index >= 15 is 0 Å². The van der Waals surface area contributed by atoms with Crippen molar-refractivity contribution >= 4 is 22.6 Å². The van der Waals surface area contributed by atoms with Crippen molar-refractivity contribution in [2.24, 2.45) is 0 Å². The SMILES string of the molecule is C=C.Cc1coc2ncnc(N(C)c3ccc(O)cc3)c12. The van der Waals surface area contributed by atoms with E-state index in [9.17, 15) is 5.11 Å². The van der Waals surface area contributed by atoms with Crippen molar-refractivity contribution in [3.05, 3.63) is 55.6 Å². The van der Waals surface area contributed by atoms with Crippen molar-refractivity contribution in [2.75, 3.05) is 11.9 Å². The summed E-state index contributed by atoms with van der Waals surface area (Å²) in [5, 5.41) is 10.2. The summed E-state index contributed by atoms with van der Waals surface area (Å²) < 4.78 is 5.38. The number of nitrogens with zero attached hydrogens (tertiary/aromatic N) is 3. The van der Waals surface area contributed by atoms with Crippen LogP contribution >= 0.6 is 0 Å². The molecule has 2 aromatic heterocycles. The second-order valence-corrected chi connectivity index (χ2v) is 4.37. The van der Waals surface area contributed by atoms with E-state index in [0.717, 1.165) is 22.5 Å². The van der Waals surface area contributed by atoms with Gasteiger partial charge < -0.3 is 14.4 Å². The molecule has 21 heavy (non-hydrogen) atoms. The summed E-state index contributed by atoms with van der Waals surface area (Å²) in [4.78, 5) is 10.4. The quantitative estimate of drug-likeness (QED) is 0.725. The Kier molecular flexibility index (Phi) is 4.23. The molecule has 0 aliphatic heterocycles. The standard InChI is InChI=1S/C14H13N3O2.C2H4/c1-9-7-19-14-12(9)13(15-8-16-14)17(2)10-3-5-11(18)6-4-10;1-2/h3-8,18H,1-2H3;1-2H2. The van der Waals surface area contributed by atoms with Crippen LogP contribution in [0.5, 0.6) is 5.75 Å². The van der Waals surface area contributed by atoms with E-state index in [4.69, 9.17) is 4.42 Å². The Hall–Kier alpha value is -2.82. The Morgan fingerprint density at radius 2 is 1.81 bits per heavy atom. The largest absolute Gasteiger partial charge is 0.508 e. The number of anilines is 2. The predicted octanol–water partition coefficient (Wildman–Crippen LogP) is 3.81. The molecule has 0 radical (unpaired) electrons. The highest BCUT2D eigenvalue weighted by Crippen LogP contribution is 2.31. The van der Waals surface area contributed by atoms with Gasteiger partial charge in [0.25, 0.3) is 0 Å². The Bertz CT molecular complexity index is 735. The first kappa shape index (κ1) is 14.6. The van der Waals surface area contributed by atoms with E-state index < -0.39 is 0 Å². The Morgan fingerprint density at radius 1 is 1.14 bits per heavy atom. The van der Waals surface area contributed by atoms with E-state index in [2.05, 4.69) is 23.1 Å². The zero-order chi connectivity index (χ0) is 15.4. The van der Waals surface area contributed by atoms with Gasteiger partial charge in [0.1, 0.15) is 17.9 Å². The molecule has 0 unspecified atom stereocenters. The fourth-order valence-electron chi connectivity index (χ4n) is 2.05. The van der Waals surface area contributed by atoms with Gasteiger partial charge in [-0.25, -0.2) is 9.97 Å². The molecule has 108 valence electrons. The van der Waals surface area contributed by atoms with Gasteiger partial charge in [0, 0.05) is 18.3 Å². The lowest BCUT2D eigenvalue weighted by molar-refractivity contribution is 0.475. The van der Waals surface area contributed by atoms with Crippen molar-refractivity contribution in [3.63, 3.8) is 0 Å². The third kappa shape index (κ3) is 2.72. The van der Waals surface area contributed by atoms with Crippen LogP contribution in [0.4, 0.5) is 11.5 Å². The average Bonchev–Trinajstić information content (AvgIpc) is 2.91. The molecule has 0 saturated heterocycles. The molecule has 0 aliphatic carbocycles. The van der Waals surface area contributed by atoms with Gasteiger partial charge >= 0.3 is 0 Å². The molecule has 0 fully saturated rings. The third-order valence-corrected chi connectivity index (χ3v) is 3.09. The van der Waals surface area contributed by atoms with Gasteiger partial charge in [0.2, 0.25) is 5.71 Å². The van der Waals surface area contributed by atoms with Crippen LogP contribution in [0.1, 0.15) is 5.56 Å². The van der Waals surface area contributed by atoms with Gasteiger partial charge in [0.15, 0.2) is 0 Å². The zero-order valence-electron chi connectivity index (χ0n) is 12.1. The number of aromatic nitrogens is 2. The topological polar surface area (TPSA) is 62.4 Å². The molecular formula is C16H17N3O2. The number of hydrogen-bond acceptors (Lipinski definition) is 5. The number of fused-ring (bicyclic) bond motifs is 1. The number of aromatic hydroxyl groups is 1. The maximum Gasteiger partial charge on any atom is 0.231 e. The molecule has 2 heterocycles. The summed E-state index contributed by atoms with van der Waals surface area (Å²) >= 11 is 0. The number of rotatable bonds is 2. The lowest BCUT2D eigenvalue weighted by atomic mass is 10.2. The molecular weight excluding hydrogens is 266 g/mol. The van der Waals surface area contributed by atoms with E-state index in [1.165, 1.54) is 6.33 Å². The zero-order valence-corrected chi connectivity index (χ0v) is 12.1. The van der Waals surface area contributed by atoms with Crippen LogP contribution in [0, 0.1) is 6.92 Å². The fourth-order valence-corrected chi connectivity index (χ4v) is 2.05. The molecule has 0 saturated carbocycles. The van der Waals surface area contributed by atoms with Crippen LogP contribution in [-0.2, 0) is 0 Å². The normalized spacial score (nSPS) is 10.0. The first-order valence-electron chi connectivity index (χ1n) is 6.38. The van der Waals surface area contributed by atoms with Crippen LogP contribution in [0.25, 0.3) is 11.1 Å². The Balaban J connectivity index is 0.000000774. The minimum absolute atomic E-state index is 0.240. The van der Waals surface area contributed by atoms with Gasteiger partial charge in [-0.2, -0.15) is 0 Å². The first-order chi connectivity index (χ1) is 10.2. The number of hydrogen-bond donors (Lipinski definition) is 1. The minimum atomic E-state index is 0.240. The highest BCUT2D eigenvalue weighted by molar-refractivity contribution is 5.91. The van der Waals surface area contributed by atoms with Crippen LogP contribution < -0.4 is 4.90 Å². The van der Waals surface area contributed by atoms with Crippen molar-refractivity contribution < 1.29 is 9.52 Å². The van der Waals surface area contributed by atoms with Crippen LogP contribution in [0.3, 0.4) is 0 Å². The highest BCUT2D eigenvalue weighted by Gasteiger charge is 2.14. The van der Waals surface area contributed by atoms with E-state index in [1.807, 2.05) is 31.0 Å². The third-order valence-electron chi connectivity index (χ3n) is 3.09. The van der Waals surface area contributed by atoms with Crippen LogP contribution in [-0.4, -0.2) is 22.1 Å². The molecule has 0 bridgehead atoms. The second kappa shape index (κ2) is 6.09. The fraction of sp³-hybridized carbons (Fsp3) is 0.125. The number of phenols is 1. The maximum atomic E-state index is 9.33. The molecule has 0 amide bonds. The van der Waals surface area contributed by atoms with E-state index in [0.29, 0.717) is 5.71 Å². The number of phenolic OH excluding ortho intramolecular Hbond substituents is 1. The minimum Gasteiger partial charge on any atom is -0.508 e. The van der Waals surface area contributed by atoms with Crippen molar-refractivity contribution in [3.8, 4) is 5.75 Å². The van der Waals surface area contributed by atoms with Gasteiger partial charge in [-0.1, -0.05) is 0 Å². The van der Waals surface area contributed by atoms with Gasteiger partial charge in [0.05, 0.1) is 11.6 Å². The number of aryl methyl sites for hydroxylation is 1. The second-order valence-electron chi connectivity index (χ2n) is 4.37. The summed E-state index contributed by atoms with van der Waals surface area (Å²) in [6.45, 7) is 7.96. The lowest BCUT2D eigenvalue weighted by Crippen LogP contribution is -2.11. The monoisotopic (exact) mass is 283 g/mol. The van der Waals surface area contributed by atoms with Crippen molar-refractivity contribution in [1.29, 1.82) is 0 Å². The molecule has 3 rings (SSSR count). The lowest BCUT2D eigenvalue weighted by Gasteiger charge is -2.18. The molecule has 5 nitrogen and oxygen atoms in total. The molecule has 0 spiro atoms. The summed E-state index contributed by atoms with van der Waals surface area (Å²) in [6.07, 6.45) is 3.16. The Morgan fingerprint density at radius 3 is 2.48 bits per heavy atom. The Labute approximate surface area is 123 Å². The van der Waals surface area contributed by atoms with Gasteiger partial charge in [-0.15, -0.1) is 13.2 Å². The van der Waals surface area contributed by atoms with E-state index in [-0.39, 0.29) is 5.75 Å². The molecule has 5 heteroatoms. The smallest absolute Gasteiger partial charge is 0.231 e. The van der Waals surface area contributed by atoms with Crippen molar-refractivity contribution in [1.82, 2.24) is 9.97 Å². The predicted molar refractivity (Wildman–Crippen MR) is 84.0 cm³/mol. The number of furan rings is 1. The molecule has 3 aromatic rings. The van der Waals surface area contributed by atoms with Crippen LogP contribution in [0.15, 0.2) is 54.4 Å². The highest BCUT2D eigenvalue weighted by atomic mass is 16.3. The van der Waals surface area contributed by atoms with E-state index in [1.54, 1.807) is 18.4 Å². The molecule has 1 aromatic carbocycles. The molecule has 1 N–H and O–H groups in total. The number of benzene rings is 1. The molecule has 0 atom stereocenters. The summed E-state index contributed by atoms with van der Waals surface area (Å²) in [5.74, 6) is 1.02. The van der Waals surface area contributed by atoms with Gasteiger partial charge in [-0.05, 0) is 31.2 Å². The van der Waals surface area contributed by atoms with Crippen LogP contribution in [0.2, 0.25) is 0 Å². The van der Waals surface area contributed by atoms with Crippen molar-refractivity contribution in [2.45, 2.75) is 6.92 Å². The van der Waals surface area contributed by atoms with Gasteiger partial charge in [-0.3, -0.25) is 0 Å². The summed E-state index contributed by atoms with van der Waals surface area (Å²) in [7, 11) is 1.92. The molecule has 0 aliphatic rings. The summed E-state index contributed by atoms with van der Waals surface area (Å²) in [6, 6.07) is 6.95. The average molecular weight is 283 g/mol. The summed E-state index contributed by atoms with van der Waals surface area (Å²) in [5.41, 5.74) is 2.50. The maximum absolute atomic E-state index is 9.33. The first-order valence-corrected chi connectivity index (χ1v) is 6.38.